The first kappa shape index (κ1) is 15.9. The van der Waals surface area contributed by atoms with Crippen molar-refractivity contribution in [2.75, 3.05) is 0 Å². The monoisotopic (exact) mass is 324 g/mol. The summed E-state index contributed by atoms with van der Waals surface area (Å²) in [6.07, 6.45) is 5.00. The SMILES string of the molecule is CCCCCc1cc(-c2cccc3ccccc23)c2ccccc2c1. The van der Waals surface area contributed by atoms with Gasteiger partial charge in [0.2, 0.25) is 0 Å². The Morgan fingerprint density at radius 2 is 1.28 bits per heavy atom. The van der Waals surface area contributed by atoms with Crippen LogP contribution < -0.4 is 0 Å². The Balaban J connectivity index is 1.92. The molecule has 0 aliphatic carbocycles. The highest BCUT2D eigenvalue weighted by molar-refractivity contribution is 6.05. The molecule has 0 heteroatoms. The van der Waals surface area contributed by atoms with Crippen LogP contribution in [0, 0.1) is 0 Å². The van der Waals surface area contributed by atoms with E-state index in [-0.39, 0.29) is 0 Å². The largest absolute Gasteiger partial charge is 0.0654 e. The number of aryl methyl sites for hydroxylation is 1. The summed E-state index contributed by atoms with van der Waals surface area (Å²) in [5, 5.41) is 5.33. The van der Waals surface area contributed by atoms with Gasteiger partial charge >= 0.3 is 0 Å². The molecule has 0 fully saturated rings. The van der Waals surface area contributed by atoms with Gasteiger partial charge in [0.05, 0.1) is 0 Å². The number of benzene rings is 4. The van der Waals surface area contributed by atoms with Crippen molar-refractivity contribution in [2.45, 2.75) is 32.6 Å². The van der Waals surface area contributed by atoms with Crippen molar-refractivity contribution in [3.8, 4) is 11.1 Å². The first-order chi connectivity index (χ1) is 12.4. The van der Waals surface area contributed by atoms with Crippen LogP contribution >= 0.6 is 0 Å². The lowest BCUT2D eigenvalue weighted by molar-refractivity contribution is 0.718. The van der Waals surface area contributed by atoms with E-state index in [9.17, 15) is 0 Å². The molecule has 0 N–H and O–H groups in total. The van der Waals surface area contributed by atoms with Gasteiger partial charge in [0.25, 0.3) is 0 Å². The lowest BCUT2D eigenvalue weighted by Gasteiger charge is -2.13. The maximum atomic E-state index is 2.42. The Hall–Kier alpha value is -2.60. The average Bonchev–Trinajstić information content (AvgIpc) is 2.67. The molecule has 0 aliphatic heterocycles. The van der Waals surface area contributed by atoms with Gasteiger partial charge in [0.15, 0.2) is 0 Å². The Morgan fingerprint density at radius 3 is 2.08 bits per heavy atom. The third-order valence-electron chi connectivity index (χ3n) is 5.07. The van der Waals surface area contributed by atoms with Crippen molar-refractivity contribution in [1.82, 2.24) is 0 Å². The highest BCUT2D eigenvalue weighted by Crippen LogP contribution is 2.35. The number of hydrogen-bond donors (Lipinski definition) is 0. The molecule has 0 aliphatic rings. The van der Waals surface area contributed by atoms with Crippen molar-refractivity contribution in [1.29, 1.82) is 0 Å². The smallest absolute Gasteiger partial charge is 0.00964 e. The van der Waals surface area contributed by atoms with E-state index < -0.39 is 0 Å². The average molecular weight is 324 g/mol. The molecule has 4 aromatic carbocycles. The van der Waals surface area contributed by atoms with Crippen LogP contribution in [0.5, 0.6) is 0 Å². The molecule has 4 rings (SSSR count). The summed E-state index contributed by atoms with van der Waals surface area (Å²) in [5.41, 5.74) is 4.16. The van der Waals surface area contributed by atoms with Crippen molar-refractivity contribution in [2.24, 2.45) is 0 Å². The highest BCUT2D eigenvalue weighted by atomic mass is 14.1. The molecule has 25 heavy (non-hydrogen) atoms. The molecule has 124 valence electrons. The van der Waals surface area contributed by atoms with E-state index in [1.54, 1.807) is 0 Å². The van der Waals surface area contributed by atoms with Gasteiger partial charge < -0.3 is 0 Å². The number of hydrogen-bond acceptors (Lipinski definition) is 0. The maximum Gasteiger partial charge on any atom is -0.00964 e. The molecule has 0 aromatic heterocycles. The minimum absolute atomic E-state index is 1.16. The molecule has 0 unspecified atom stereocenters. The van der Waals surface area contributed by atoms with Gasteiger partial charge in [-0.3, -0.25) is 0 Å². The van der Waals surface area contributed by atoms with Crippen molar-refractivity contribution >= 4 is 21.5 Å². The fourth-order valence-corrected chi connectivity index (χ4v) is 3.78. The predicted molar refractivity (Wildman–Crippen MR) is 110 cm³/mol. The second-order valence-electron chi connectivity index (χ2n) is 6.85. The van der Waals surface area contributed by atoms with Crippen LogP contribution in [0.1, 0.15) is 31.7 Å². The summed E-state index contributed by atoms with van der Waals surface area (Å²) in [4.78, 5) is 0. The molecule has 0 saturated heterocycles. The van der Waals surface area contributed by atoms with Crippen LogP contribution in [0.15, 0.2) is 78.9 Å². The van der Waals surface area contributed by atoms with Gasteiger partial charge in [-0.1, -0.05) is 98.6 Å². The number of fused-ring (bicyclic) bond motifs is 2. The van der Waals surface area contributed by atoms with Gasteiger partial charge in [-0.15, -0.1) is 0 Å². The Morgan fingerprint density at radius 1 is 0.600 bits per heavy atom. The van der Waals surface area contributed by atoms with E-state index in [0.29, 0.717) is 0 Å². The normalized spacial score (nSPS) is 11.2. The van der Waals surface area contributed by atoms with Gasteiger partial charge in [0.1, 0.15) is 0 Å². The molecule has 0 heterocycles. The quantitative estimate of drug-likeness (QED) is 0.336. The second-order valence-corrected chi connectivity index (χ2v) is 6.85. The van der Waals surface area contributed by atoms with Crippen LogP contribution in [0.4, 0.5) is 0 Å². The van der Waals surface area contributed by atoms with Gasteiger partial charge in [0, 0.05) is 0 Å². The highest BCUT2D eigenvalue weighted by Gasteiger charge is 2.09. The van der Waals surface area contributed by atoms with Gasteiger partial charge in [-0.2, -0.15) is 0 Å². The minimum atomic E-state index is 1.16. The molecule has 0 amide bonds. The van der Waals surface area contributed by atoms with E-state index in [0.717, 1.165) is 6.42 Å². The molecule has 4 aromatic rings. The molecule has 0 radical (unpaired) electrons. The molecule has 0 saturated carbocycles. The molecule has 0 nitrogen and oxygen atoms in total. The Labute approximate surface area is 150 Å². The van der Waals surface area contributed by atoms with E-state index in [4.69, 9.17) is 0 Å². The van der Waals surface area contributed by atoms with Crippen LogP contribution in [0.2, 0.25) is 0 Å². The van der Waals surface area contributed by atoms with E-state index in [2.05, 4.69) is 85.8 Å². The fourth-order valence-electron chi connectivity index (χ4n) is 3.78. The van der Waals surface area contributed by atoms with Crippen molar-refractivity contribution in [3.05, 3.63) is 84.4 Å². The summed E-state index contributed by atoms with van der Waals surface area (Å²) in [7, 11) is 0. The number of unbranched alkanes of at least 4 members (excludes halogenated alkanes) is 2. The summed E-state index contributed by atoms with van der Waals surface area (Å²) >= 11 is 0. The topological polar surface area (TPSA) is 0 Å². The molecule has 0 atom stereocenters. The lowest BCUT2D eigenvalue weighted by Crippen LogP contribution is -1.90. The van der Waals surface area contributed by atoms with E-state index in [1.807, 2.05) is 0 Å². The van der Waals surface area contributed by atoms with Crippen molar-refractivity contribution in [3.63, 3.8) is 0 Å². The van der Waals surface area contributed by atoms with Crippen LogP contribution in [-0.2, 0) is 6.42 Å². The van der Waals surface area contributed by atoms with Crippen molar-refractivity contribution < 1.29 is 0 Å². The minimum Gasteiger partial charge on any atom is -0.0654 e. The van der Waals surface area contributed by atoms with E-state index >= 15 is 0 Å². The Bertz CT molecular complexity index is 1010. The standard InChI is InChI=1S/C25H24/c1-2-3-4-10-19-17-21-12-6-8-15-23(21)25(18-19)24-16-9-13-20-11-5-7-14-22(20)24/h5-9,11-18H,2-4,10H2,1H3. The third-order valence-corrected chi connectivity index (χ3v) is 5.07. The predicted octanol–water partition coefficient (Wildman–Crippen LogP) is 7.39. The van der Waals surface area contributed by atoms with Crippen LogP contribution in [0.25, 0.3) is 32.7 Å². The molecule has 0 bridgehead atoms. The second kappa shape index (κ2) is 7.11. The summed E-state index contributed by atoms with van der Waals surface area (Å²) in [6.45, 7) is 2.27. The molecular weight excluding hydrogens is 300 g/mol. The first-order valence-electron chi connectivity index (χ1n) is 9.36. The molecule has 0 spiro atoms. The van der Waals surface area contributed by atoms with Crippen LogP contribution in [-0.4, -0.2) is 0 Å². The summed E-state index contributed by atoms with van der Waals surface area (Å²) in [5.74, 6) is 0. The van der Waals surface area contributed by atoms with Crippen LogP contribution in [0.3, 0.4) is 0 Å². The zero-order valence-electron chi connectivity index (χ0n) is 14.8. The summed E-state index contributed by atoms with van der Waals surface area (Å²) < 4.78 is 0. The lowest BCUT2D eigenvalue weighted by atomic mass is 9.91. The van der Waals surface area contributed by atoms with Gasteiger partial charge in [-0.25, -0.2) is 0 Å². The van der Waals surface area contributed by atoms with E-state index in [1.165, 1.54) is 57.5 Å². The molecular formula is C25H24. The third kappa shape index (κ3) is 3.17. The fraction of sp³-hybridized carbons (Fsp3) is 0.200. The zero-order chi connectivity index (χ0) is 17.1. The first-order valence-corrected chi connectivity index (χ1v) is 9.36. The van der Waals surface area contributed by atoms with Gasteiger partial charge in [-0.05, 0) is 51.1 Å². The summed E-state index contributed by atoms with van der Waals surface area (Å²) in [6, 6.07) is 28.9. The Kier molecular flexibility index (Phi) is 4.52. The zero-order valence-corrected chi connectivity index (χ0v) is 14.8. The maximum absolute atomic E-state index is 2.42. The number of rotatable bonds is 5.